The summed E-state index contributed by atoms with van der Waals surface area (Å²) in [5.74, 6) is 1.10. The van der Waals surface area contributed by atoms with Crippen molar-refractivity contribution in [3.05, 3.63) is 71.6 Å². The first-order valence-electron chi connectivity index (χ1n) is 10.9. The van der Waals surface area contributed by atoms with Crippen LogP contribution in [0.15, 0.2) is 53.4 Å². The van der Waals surface area contributed by atoms with Crippen LogP contribution in [0.25, 0.3) is 5.69 Å². The Balaban J connectivity index is 1.59. The fourth-order valence-electron chi connectivity index (χ4n) is 4.17. The van der Waals surface area contributed by atoms with Gasteiger partial charge < -0.3 is 5.32 Å². The summed E-state index contributed by atoms with van der Waals surface area (Å²) in [6, 6.07) is 13.3. The van der Waals surface area contributed by atoms with Crippen molar-refractivity contribution in [2.75, 3.05) is 6.54 Å². The van der Waals surface area contributed by atoms with E-state index in [0.29, 0.717) is 30.5 Å². The van der Waals surface area contributed by atoms with Crippen molar-refractivity contribution >= 4 is 10.0 Å². The maximum Gasteiger partial charge on any atom is 0.238 e. The number of aromatic nitrogens is 3. The summed E-state index contributed by atoms with van der Waals surface area (Å²) in [6.45, 7) is 1.40. The molecule has 1 fully saturated rings. The molecule has 170 valence electrons. The van der Waals surface area contributed by atoms with Gasteiger partial charge in [-0.3, -0.25) is 0 Å². The van der Waals surface area contributed by atoms with Crippen molar-refractivity contribution < 1.29 is 12.8 Å². The average Bonchev–Trinajstić information content (AvgIpc) is 3.16. The average molecular weight is 458 g/mol. The van der Waals surface area contributed by atoms with Crippen LogP contribution in [0.5, 0.6) is 0 Å². The van der Waals surface area contributed by atoms with E-state index in [1.54, 1.807) is 0 Å². The minimum absolute atomic E-state index is 0.134. The molecule has 1 aliphatic rings. The van der Waals surface area contributed by atoms with Crippen molar-refractivity contribution in [3.63, 3.8) is 0 Å². The Hall–Kier alpha value is -2.62. The molecule has 1 aromatic heterocycles. The molecular weight excluding hydrogens is 429 g/mol. The molecule has 1 saturated carbocycles. The number of sulfonamides is 1. The maximum absolute atomic E-state index is 14.9. The Morgan fingerprint density at radius 2 is 1.84 bits per heavy atom. The van der Waals surface area contributed by atoms with Crippen LogP contribution >= 0.6 is 0 Å². The lowest BCUT2D eigenvalue weighted by Crippen LogP contribution is -2.24. The second-order valence-corrected chi connectivity index (χ2v) is 9.87. The largest absolute Gasteiger partial charge is 0.310 e. The van der Waals surface area contributed by atoms with E-state index in [9.17, 15) is 12.8 Å². The van der Waals surface area contributed by atoms with Gasteiger partial charge in [-0.25, -0.2) is 27.6 Å². The highest BCUT2D eigenvalue weighted by atomic mass is 32.2. The third-order valence-corrected chi connectivity index (χ3v) is 6.75. The van der Waals surface area contributed by atoms with Gasteiger partial charge in [-0.1, -0.05) is 49.6 Å². The molecule has 0 aliphatic heterocycles. The lowest BCUT2D eigenvalue weighted by molar-refractivity contribution is 0.341. The number of hydrogen-bond acceptors (Lipinski definition) is 5. The van der Waals surface area contributed by atoms with Gasteiger partial charge in [0.25, 0.3) is 0 Å². The molecule has 3 aromatic rings. The zero-order valence-electron chi connectivity index (χ0n) is 17.9. The summed E-state index contributed by atoms with van der Waals surface area (Å²) < 4.78 is 39.4. The Labute approximate surface area is 187 Å². The van der Waals surface area contributed by atoms with E-state index in [4.69, 9.17) is 5.14 Å². The summed E-state index contributed by atoms with van der Waals surface area (Å²) in [4.78, 5) is 4.38. The molecule has 32 heavy (non-hydrogen) atoms. The number of benzene rings is 2. The van der Waals surface area contributed by atoms with Crippen molar-refractivity contribution in [1.82, 2.24) is 20.1 Å². The second kappa shape index (κ2) is 9.89. The van der Waals surface area contributed by atoms with Gasteiger partial charge in [0, 0.05) is 6.42 Å². The fraction of sp³-hybridized carbons (Fsp3) is 0.391. The molecule has 0 spiro atoms. The summed E-state index contributed by atoms with van der Waals surface area (Å²) >= 11 is 0. The number of nitrogens with one attached hydrogen (secondary N) is 1. The zero-order chi connectivity index (χ0) is 22.6. The Morgan fingerprint density at radius 3 is 2.53 bits per heavy atom. The van der Waals surface area contributed by atoms with Crippen LogP contribution in [0, 0.1) is 11.7 Å². The van der Waals surface area contributed by atoms with Crippen LogP contribution in [-0.4, -0.2) is 29.7 Å². The van der Waals surface area contributed by atoms with Gasteiger partial charge in [0.05, 0.1) is 11.4 Å². The molecule has 0 saturated heterocycles. The van der Waals surface area contributed by atoms with Crippen molar-refractivity contribution in [3.8, 4) is 5.69 Å². The van der Waals surface area contributed by atoms with Gasteiger partial charge in [-0.05, 0) is 49.1 Å². The van der Waals surface area contributed by atoms with E-state index in [1.165, 1.54) is 48.9 Å². The highest BCUT2D eigenvalue weighted by Crippen LogP contribution is 2.23. The quantitative estimate of drug-likeness (QED) is 0.540. The molecule has 0 radical (unpaired) electrons. The van der Waals surface area contributed by atoms with E-state index < -0.39 is 15.8 Å². The topological polar surface area (TPSA) is 103 Å². The predicted octanol–water partition coefficient (Wildman–Crippen LogP) is 3.31. The van der Waals surface area contributed by atoms with Gasteiger partial charge in [0.1, 0.15) is 17.3 Å². The molecular formula is C23H28FN5O2S. The molecule has 1 aliphatic carbocycles. The van der Waals surface area contributed by atoms with E-state index in [0.717, 1.165) is 18.2 Å². The molecule has 1 heterocycles. The minimum atomic E-state index is -4.00. The molecule has 2 aromatic carbocycles. The van der Waals surface area contributed by atoms with Crippen LogP contribution in [0.3, 0.4) is 0 Å². The van der Waals surface area contributed by atoms with Crippen LogP contribution in [0.4, 0.5) is 4.39 Å². The van der Waals surface area contributed by atoms with Gasteiger partial charge in [-0.15, -0.1) is 5.10 Å². The van der Waals surface area contributed by atoms with Gasteiger partial charge in [0.2, 0.25) is 10.0 Å². The normalized spacial score (nSPS) is 15.2. The molecule has 0 amide bonds. The fourth-order valence-corrected chi connectivity index (χ4v) is 4.69. The standard InChI is InChI=1S/C23H28FN5O2S/c24-20-14-19(32(25,30)31)11-12-21(20)29-23(13-17-7-3-1-4-8-17)27-22(28-29)16-26-15-18-9-5-2-6-10-18/h1,3-4,7-8,11-12,14,18,26H,2,5-6,9-10,13,15-16H2,(H2,25,30,31). The maximum atomic E-state index is 14.9. The smallest absolute Gasteiger partial charge is 0.238 e. The first-order valence-corrected chi connectivity index (χ1v) is 12.5. The second-order valence-electron chi connectivity index (χ2n) is 8.31. The van der Waals surface area contributed by atoms with E-state index in [2.05, 4.69) is 15.4 Å². The third-order valence-electron chi connectivity index (χ3n) is 5.84. The van der Waals surface area contributed by atoms with Crippen LogP contribution in [0.1, 0.15) is 49.3 Å². The SMILES string of the molecule is NS(=O)(=O)c1ccc(-n2nc(CNCC3CCCCC3)nc2Cc2ccccc2)c(F)c1. The highest BCUT2D eigenvalue weighted by Gasteiger charge is 2.19. The summed E-state index contributed by atoms with van der Waals surface area (Å²) in [5, 5.41) is 13.1. The van der Waals surface area contributed by atoms with E-state index in [1.807, 2.05) is 30.3 Å². The van der Waals surface area contributed by atoms with Crippen LogP contribution in [0.2, 0.25) is 0 Å². The van der Waals surface area contributed by atoms with Gasteiger partial charge in [0.15, 0.2) is 5.82 Å². The minimum Gasteiger partial charge on any atom is -0.310 e. The van der Waals surface area contributed by atoms with Crippen molar-refractivity contribution in [1.29, 1.82) is 0 Å². The molecule has 9 heteroatoms. The molecule has 0 unspecified atom stereocenters. The van der Waals surface area contributed by atoms with Gasteiger partial charge in [-0.2, -0.15) is 0 Å². The molecule has 3 N–H and O–H groups in total. The number of primary sulfonamides is 1. The Bertz CT molecular complexity index is 1160. The third kappa shape index (κ3) is 5.59. The van der Waals surface area contributed by atoms with Crippen LogP contribution in [-0.2, 0) is 23.0 Å². The molecule has 0 bridgehead atoms. The molecule has 0 atom stereocenters. The first kappa shape index (κ1) is 22.6. The van der Waals surface area contributed by atoms with E-state index in [-0.39, 0.29) is 10.6 Å². The number of nitrogens with zero attached hydrogens (tertiary/aromatic N) is 3. The number of halogens is 1. The first-order chi connectivity index (χ1) is 15.4. The number of nitrogens with two attached hydrogens (primary N) is 1. The summed E-state index contributed by atoms with van der Waals surface area (Å²) in [7, 11) is -4.00. The monoisotopic (exact) mass is 457 g/mol. The van der Waals surface area contributed by atoms with Crippen molar-refractivity contribution in [2.45, 2.75) is 50.0 Å². The van der Waals surface area contributed by atoms with Crippen molar-refractivity contribution in [2.24, 2.45) is 11.1 Å². The lowest BCUT2D eigenvalue weighted by Gasteiger charge is -2.21. The summed E-state index contributed by atoms with van der Waals surface area (Å²) in [5.41, 5.74) is 1.15. The Morgan fingerprint density at radius 1 is 1.09 bits per heavy atom. The van der Waals surface area contributed by atoms with E-state index >= 15 is 0 Å². The predicted molar refractivity (Wildman–Crippen MR) is 120 cm³/mol. The Kier molecular flexibility index (Phi) is 6.98. The molecule has 4 rings (SSSR count). The summed E-state index contributed by atoms with van der Waals surface area (Å²) in [6.07, 6.45) is 6.85. The lowest BCUT2D eigenvalue weighted by atomic mass is 9.89. The molecule has 7 nitrogen and oxygen atoms in total. The number of rotatable bonds is 8. The highest BCUT2D eigenvalue weighted by molar-refractivity contribution is 7.89. The van der Waals surface area contributed by atoms with Gasteiger partial charge >= 0.3 is 0 Å². The van der Waals surface area contributed by atoms with Crippen LogP contribution < -0.4 is 10.5 Å². The zero-order valence-corrected chi connectivity index (χ0v) is 18.7. The number of hydrogen-bond donors (Lipinski definition) is 2.